The molecule has 0 aliphatic rings. The number of fused-ring (bicyclic) bond motifs is 1. The minimum Gasteiger partial charge on any atom is -0.328 e. The molecule has 0 spiro atoms. The molecule has 0 atom stereocenters. The zero-order valence-electron chi connectivity index (χ0n) is 10.1. The first-order chi connectivity index (χ1) is 8.66. The number of nitrogens with zero attached hydrogens (tertiary/aromatic N) is 3. The van der Waals surface area contributed by atoms with Crippen LogP contribution in [0.1, 0.15) is 19.9 Å². The van der Waals surface area contributed by atoms with Gasteiger partial charge in [0.15, 0.2) is 5.82 Å². The second-order valence-corrected chi connectivity index (χ2v) is 4.45. The molecule has 6 heteroatoms. The number of nitrogens with one attached hydrogen (secondary N) is 2. The van der Waals surface area contributed by atoms with Crippen molar-refractivity contribution in [3.8, 4) is 11.4 Å². The van der Waals surface area contributed by atoms with E-state index in [4.69, 9.17) is 0 Å². The summed E-state index contributed by atoms with van der Waals surface area (Å²) in [5, 5.41) is 6.31. The number of hydrogen-bond acceptors (Lipinski definition) is 3. The van der Waals surface area contributed by atoms with E-state index >= 15 is 0 Å². The summed E-state index contributed by atoms with van der Waals surface area (Å²) in [5.41, 5.74) is 2.39. The molecule has 2 aromatic heterocycles. The van der Waals surface area contributed by atoms with Crippen LogP contribution in [-0.4, -0.2) is 24.7 Å². The lowest BCUT2D eigenvalue weighted by atomic mass is 10.1. The van der Waals surface area contributed by atoms with Gasteiger partial charge < -0.3 is 4.57 Å². The Kier molecular flexibility index (Phi) is 2.29. The number of para-hydroxylation sites is 1. The molecular weight excluding hydrogens is 230 g/mol. The van der Waals surface area contributed by atoms with E-state index in [1.54, 1.807) is 0 Å². The number of imidazole rings is 1. The molecule has 0 radical (unpaired) electrons. The third-order valence-electron chi connectivity index (χ3n) is 2.92. The van der Waals surface area contributed by atoms with Gasteiger partial charge in [0.25, 0.3) is 0 Å². The molecule has 0 unspecified atom stereocenters. The van der Waals surface area contributed by atoms with E-state index < -0.39 is 0 Å². The molecular formula is C12H13N5O. The number of aromatic nitrogens is 5. The second kappa shape index (κ2) is 3.83. The standard InChI is InChI=1S/C12H13N5O/c1-7(2)17-6-13-10-8(4-3-5-9(10)17)11-14-12(18)16-15-11/h3-7H,1-2H3,(H2,14,15,16,18). The van der Waals surface area contributed by atoms with Crippen molar-refractivity contribution >= 4 is 11.0 Å². The van der Waals surface area contributed by atoms with Gasteiger partial charge in [0.05, 0.1) is 17.4 Å². The fourth-order valence-electron chi connectivity index (χ4n) is 2.06. The van der Waals surface area contributed by atoms with Crippen LogP contribution in [0.5, 0.6) is 0 Å². The normalized spacial score (nSPS) is 11.5. The minimum absolute atomic E-state index is 0.315. The molecule has 3 rings (SSSR count). The highest BCUT2D eigenvalue weighted by Gasteiger charge is 2.12. The number of rotatable bonds is 2. The van der Waals surface area contributed by atoms with E-state index in [0.717, 1.165) is 16.6 Å². The fraction of sp³-hybridized carbons (Fsp3) is 0.250. The predicted octanol–water partition coefficient (Wildman–Crippen LogP) is 1.70. The summed E-state index contributed by atoms with van der Waals surface area (Å²) < 4.78 is 2.09. The number of benzene rings is 1. The van der Waals surface area contributed by atoms with Gasteiger partial charge in [-0.2, -0.15) is 5.10 Å². The molecule has 0 bridgehead atoms. The summed E-state index contributed by atoms with van der Waals surface area (Å²) in [4.78, 5) is 18.2. The SMILES string of the molecule is CC(C)n1cnc2c(-c3n[nH]c(=O)[nH]3)cccc21. The van der Waals surface area contributed by atoms with E-state index in [0.29, 0.717) is 11.9 Å². The van der Waals surface area contributed by atoms with Crippen molar-refractivity contribution in [1.82, 2.24) is 24.7 Å². The Morgan fingerprint density at radius 2 is 2.17 bits per heavy atom. The van der Waals surface area contributed by atoms with E-state index in [1.807, 2.05) is 24.5 Å². The third kappa shape index (κ3) is 1.54. The van der Waals surface area contributed by atoms with Gasteiger partial charge in [0, 0.05) is 11.6 Å². The minimum atomic E-state index is -0.315. The molecule has 0 saturated heterocycles. The second-order valence-electron chi connectivity index (χ2n) is 4.45. The Labute approximate surface area is 103 Å². The Hall–Kier alpha value is -2.37. The van der Waals surface area contributed by atoms with E-state index in [9.17, 15) is 4.79 Å². The highest BCUT2D eigenvalue weighted by atomic mass is 16.1. The molecule has 0 aliphatic carbocycles. The van der Waals surface area contributed by atoms with Crippen LogP contribution in [-0.2, 0) is 0 Å². The van der Waals surface area contributed by atoms with Gasteiger partial charge in [0.2, 0.25) is 0 Å². The van der Waals surface area contributed by atoms with Gasteiger partial charge in [0.1, 0.15) is 0 Å². The van der Waals surface area contributed by atoms with Gasteiger partial charge >= 0.3 is 5.69 Å². The van der Waals surface area contributed by atoms with Crippen molar-refractivity contribution in [2.75, 3.05) is 0 Å². The summed E-state index contributed by atoms with van der Waals surface area (Å²) in [6.07, 6.45) is 1.81. The maximum Gasteiger partial charge on any atom is 0.340 e. The molecule has 0 fully saturated rings. The zero-order valence-corrected chi connectivity index (χ0v) is 10.1. The van der Waals surface area contributed by atoms with Crippen LogP contribution in [0.2, 0.25) is 0 Å². The Morgan fingerprint density at radius 1 is 1.33 bits per heavy atom. The maximum absolute atomic E-state index is 11.1. The Morgan fingerprint density at radius 3 is 2.83 bits per heavy atom. The lowest BCUT2D eigenvalue weighted by Gasteiger charge is -2.07. The van der Waals surface area contributed by atoms with Crippen molar-refractivity contribution < 1.29 is 0 Å². The Balaban J connectivity index is 2.28. The average Bonchev–Trinajstić information content (AvgIpc) is 2.94. The first-order valence-corrected chi connectivity index (χ1v) is 5.77. The molecule has 1 aromatic carbocycles. The highest BCUT2D eigenvalue weighted by Crippen LogP contribution is 2.25. The van der Waals surface area contributed by atoms with Crippen molar-refractivity contribution in [2.45, 2.75) is 19.9 Å². The van der Waals surface area contributed by atoms with E-state index in [1.165, 1.54) is 0 Å². The molecule has 18 heavy (non-hydrogen) atoms. The van der Waals surface area contributed by atoms with Crippen LogP contribution in [0.15, 0.2) is 29.3 Å². The number of H-pyrrole nitrogens is 2. The summed E-state index contributed by atoms with van der Waals surface area (Å²) in [7, 11) is 0. The quantitative estimate of drug-likeness (QED) is 0.718. The molecule has 2 heterocycles. The van der Waals surface area contributed by atoms with Gasteiger partial charge in [-0.3, -0.25) is 4.98 Å². The van der Waals surface area contributed by atoms with E-state index in [2.05, 4.69) is 38.6 Å². The van der Waals surface area contributed by atoms with Crippen LogP contribution in [0.4, 0.5) is 0 Å². The van der Waals surface area contributed by atoms with Gasteiger partial charge in [-0.25, -0.2) is 14.9 Å². The first-order valence-electron chi connectivity index (χ1n) is 5.77. The van der Waals surface area contributed by atoms with Gasteiger partial charge in [-0.05, 0) is 26.0 Å². The molecule has 3 aromatic rings. The summed E-state index contributed by atoms with van der Waals surface area (Å²) in [5.74, 6) is 0.514. The largest absolute Gasteiger partial charge is 0.340 e. The van der Waals surface area contributed by atoms with E-state index in [-0.39, 0.29) is 5.69 Å². The molecule has 0 amide bonds. The lowest BCUT2D eigenvalue weighted by Crippen LogP contribution is -2.00. The molecule has 2 N–H and O–H groups in total. The van der Waals surface area contributed by atoms with Crippen molar-refractivity contribution in [1.29, 1.82) is 0 Å². The topological polar surface area (TPSA) is 79.4 Å². The molecule has 6 nitrogen and oxygen atoms in total. The summed E-state index contributed by atoms with van der Waals surface area (Å²) in [6.45, 7) is 4.20. The van der Waals surface area contributed by atoms with Crippen LogP contribution in [0.25, 0.3) is 22.4 Å². The van der Waals surface area contributed by atoms with Crippen molar-refractivity contribution in [3.63, 3.8) is 0 Å². The third-order valence-corrected chi connectivity index (χ3v) is 2.92. The molecule has 92 valence electrons. The number of hydrogen-bond donors (Lipinski definition) is 2. The monoisotopic (exact) mass is 243 g/mol. The number of aromatic amines is 2. The maximum atomic E-state index is 11.1. The highest BCUT2D eigenvalue weighted by molar-refractivity contribution is 5.90. The average molecular weight is 243 g/mol. The van der Waals surface area contributed by atoms with Gasteiger partial charge in [-0.1, -0.05) is 6.07 Å². The molecule has 0 saturated carbocycles. The Bertz CT molecular complexity index is 749. The predicted molar refractivity (Wildman–Crippen MR) is 68.3 cm³/mol. The van der Waals surface area contributed by atoms with Crippen LogP contribution < -0.4 is 5.69 Å². The van der Waals surface area contributed by atoms with Crippen LogP contribution >= 0.6 is 0 Å². The van der Waals surface area contributed by atoms with Crippen LogP contribution in [0.3, 0.4) is 0 Å². The smallest absolute Gasteiger partial charge is 0.328 e. The lowest BCUT2D eigenvalue weighted by molar-refractivity contribution is 0.617. The van der Waals surface area contributed by atoms with Crippen LogP contribution in [0, 0.1) is 0 Å². The molecule has 0 aliphatic heterocycles. The summed E-state index contributed by atoms with van der Waals surface area (Å²) in [6, 6.07) is 6.18. The first kappa shape index (κ1) is 10.8. The zero-order chi connectivity index (χ0) is 12.7. The summed E-state index contributed by atoms with van der Waals surface area (Å²) >= 11 is 0. The van der Waals surface area contributed by atoms with Crippen molar-refractivity contribution in [3.05, 3.63) is 35.0 Å². The van der Waals surface area contributed by atoms with Gasteiger partial charge in [-0.15, -0.1) is 0 Å². The fourth-order valence-corrected chi connectivity index (χ4v) is 2.06. The van der Waals surface area contributed by atoms with Crippen molar-refractivity contribution in [2.24, 2.45) is 0 Å².